The number of nitrogens with one attached hydrogen (secondary N) is 2. The number of halogens is 1. The summed E-state index contributed by atoms with van der Waals surface area (Å²) in [5.74, 6) is 0.190. The summed E-state index contributed by atoms with van der Waals surface area (Å²) in [6, 6.07) is 14.7. The van der Waals surface area contributed by atoms with Crippen LogP contribution in [0.3, 0.4) is 0 Å². The number of ether oxygens (including phenoxy) is 1. The zero-order valence-electron chi connectivity index (χ0n) is 15.4. The molecule has 0 spiro atoms. The number of rotatable bonds is 7. The fourth-order valence-electron chi connectivity index (χ4n) is 2.23. The Hall–Kier alpha value is -2.79. The van der Waals surface area contributed by atoms with Crippen LogP contribution < -0.4 is 15.6 Å². The van der Waals surface area contributed by atoms with Gasteiger partial charge in [0.25, 0.3) is 11.8 Å². The molecule has 0 aliphatic carbocycles. The lowest BCUT2D eigenvalue weighted by molar-refractivity contribution is -0.128. The van der Waals surface area contributed by atoms with Crippen LogP contribution in [0.4, 0.5) is 0 Å². The van der Waals surface area contributed by atoms with Crippen LogP contribution in [0.25, 0.3) is 6.08 Å². The van der Waals surface area contributed by atoms with Gasteiger partial charge in [-0.05, 0) is 53.8 Å². The van der Waals surface area contributed by atoms with Gasteiger partial charge in [-0.3, -0.25) is 20.4 Å². The molecular formula is C21H23ClN2O3. The van der Waals surface area contributed by atoms with E-state index < -0.39 is 11.8 Å². The van der Waals surface area contributed by atoms with Crippen LogP contribution in [-0.2, 0) is 9.59 Å². The molecule has 0 saturated heterocycles. The number of amides is 2. The lowest BCUT2D eigenvalue weighted by Crippen LogP contribution is -2.43. The van der Waals surface area contributed by atoms with Gasteiger partial charge in [0.15, 0.2) is 6.61 Å². The first kappa shape index (κ1) is 20.5. The van der Waals surface area contributed by atoms with E-state index in [9.17, 15) is 9.59 Å². The van der Waals surface area contributed by atoms with Gasteiger partial charge in [0.2, 0.25) is 0 Å². The molecular weight excluding hydrogens is 364 g/mol. The van der Waals surface area contributed by atoms with E-state index in [0.29, 0.717) is 16.7 Å². The molecule has 0 aliphatic rings. The highest BCUT2D eigenvalue weighted by Crippen LogP contribution is 2.21. The maximum Gasteiger partial charge on any atom is 0.276 e. The Morgan fingerprint density at radius 3 is 2.37 bits per heavy atom. The van der Waals surface area contributed by atoms with Gasteiger partial charge >= 0.3 is 0 Å². The molecule has 2 rings (SSSR count). The number of hydrazine groups is 1. The van der Waals surface area contributed by atoms with Crippen molar-refractivity contribution in [1.29, 1.82) is 0 Å². The topological polar surface area (TPSA) is 67.4 Å². The van der Waals surface area contributed by atoms with Crippen molar-refractivity contribution in [3.05, 3.63) is 70.8 Å². The predicted molar refractivity (Wildman–Crippen MR) is 107 cm³/mol. The molecule has 2 N–H and O–H groups in total. The number of hydrogen-bond donors (Lipinski definition) is 2. The van der Waals surface area contributed by atoms with E-state index in [2.05, 4.69) is 24.7 Å². The monoisotopic (exact) mass is 386 g/mol. The minimum Gasteiger partial charge on any atom is -0.484 e. The SMILES string of the molecule is CCC(C)c1ccc(OCC(=O)NNC(=O)/C=C/c2ccc(Cl)cc2)cc1. The van der Waals surface area contributed by atoms with E-state index in [1.165, 1.54) is 11.6 Å². The molecule has 0 radical (unpaired) electrons. The second-order valence-electron chi connectivity index (χ2n) is 6.09. The summed E-state index contributed by atoms with van der Waals surface area (Å²) in [6.07, 6.45) is 4.00. The molecule has 0 aliphatic heterocycles. The van der Waals surface area contributed by atoms with Crippen LogP contribution in [0.1, 0.15) is 37.3 Å². The lowest BCUT2D eigenvalue weighted by Gasteiger charge is -2.11. The largest absolute Gasteiger partial charge is 0.484 e. The quantitative estimate of drug-likeness (QED) is 0.556. The molecule has 2 aromatic rings. The third-order valence-corrected chi connectivity index (χ3v) is 4.31. The third-order valence-electron chi connectivity index (χ3n) is 4.05. The smallest absolute Gasteiger partial charge is 0.276 e. The second-order valence-corrected chi connectivity index (χ2v) is 6.53. The first-order valence-electron chi connectivity index (χ1n) is 8.73. The molecule has 0 fully saturated rings. The van der Waals surface area contributed by atoms with Crippen molar-refractivity contribution >= 4 is 29.5 Å². The van der Waals surface area contributed by atoms with Gasteiger partial charge in [-0.1, -0.05) is 49.7 Å². The minimum absolute atomic E-state index is 0.191. The number of hydrogen-bond acceptors (Lipinski definition) is 3. The first-order valence-corrected chi connectivity index (χ1v) is 9.11. The Labute approximate surface area is 164 Å². The number of benzene rings is 2. The van der Waals surface area contributed by atoms with Crippen molar-refractivity contribution in [2.45, 2.75) is 26.2 Å². The third kappa shape index (κ3) is 7.15. The van der Waals surface area contributed by atoms with Crippen LogP contribution >= 0.6 is 11.6 Å². The van der Waals surface area contributed by atoms with E-state index in [1.54, 1.807) is 30.3 Å². The van der Waals surface area contributed by atoms with Gasteiger partial charge in [0, 0.05) is 11.1 Å². The molecule has 0 saturated carbocycles. The summed E-state index contributed by atoms with van der Waals surface area (Å²) in [5.41, 5.74) is 6.66. The van der Waals surface area contributed by atoms with Gasteiger partial charge < -0.3 is 4.74 Å². The summed E-state index contributed by atoms with van der Waals surface area (Å²) < 4.78 is 5.42. The summed E-state index contributed by atoms with van der Waals surface area (Å²) in [7, 11) is 0. The first-order chi connectivity index (χ1) is 13.0. The molecule has 2 aromatic carbocycles. The molecule has 142 valence electrons. The normalized spacial score (nSPS) is 11.8. The van der Waals surface area contributed by atoms with Gasteiger partial charge in [0.1, 0.15) is 5.75 Å². The van der Waals surface area contributed by atoms with Crippen molar-refractivity contribution in [2.24, 2.45) is 0 Å². The van der Waals surface area contributed by atoms with E-state index >= 15 is 0 Å². The Morgan fingerprint density at radius 1 is 1.07 bits per heavy atom. The Balaban J connectivity index is 1.72. The molecule has 0 bridgehead atoms. The summed E-state index contributed by atoms with van der Waals surface area (Å²) >= 11 is 5.80. The van der Waals surface area contributed by atoms with Crippen molar-refractivity contribution in [3.8, 4) is 5.75 Å². The van der Waals surface area contributed by atoms with E-state index in [1.807, 2.05) is 24.3 Å². The molecule has 1 atom stereocenters. The highest BCUT2D eigenvalue weighted by molar-refractivity contribution is 6.30. The fourth-order valence-corrected chi connectivity index (χ4v) is 2.36. The van der Waals surface area contributed by atoms with Crippen LogP contribution in [0.2, 0.25) is 5.02 Å². The second kappa shape index (κ2) is 10.4. The zero-order chi connectivity index (χ0) is 19.6. The predicted octanol–water partition coefficient (Wildman–Crippen LogP) is 4.09. The summed E-state index contributed by atoms with van der Waals surface area (Å²) in [5, 5.41) is 0.624. The summed E-state index contributed by atoms with van der Waals surface area (Å²) in [4.78, 5) is 23.5. The van der Waals surface area contributed by atoms with E-state index in [4.69, 9.17) is 16.3 Å². The molecule has 2 amide bonds. The molecule has 27 heavy (non-hydrogen) atoms. The van der Waals surface area contributed by atoms with Gasteiger partial charge in [-0.2, -0.15) is 0 Å². The molecule has 6 heteroatoms. The van der Waals surface area contributed by atoms with Gasteiger partial charge in [-0.15, -0.1) is 0 Å². The highest BCUT2D eigenvalue weighted by Gasteiger charge is 2.06. The van der Waals surface area contributed by atoms with Crippen molar-refractivity contribution in [1.82, 2.24) is 10.9 Å². The highest BCUT2D eigenvalue weighted by atomic mass is 35.5. The van der Waals surface area contributed by atoms with Gasteiger partial charge in [0.05, 0.1) is 0 Å². The number of carbonyl (C=O) groups is 2. The minimum atomic E-state index is -0.450. The maximum atomic E-state index is 11.8. The van der Waals surface area contributed by atoms with Crippen LogP contribution in [0, 0.1) is 0 Å². The molecule has 1 unspecified atom stereocenters. The average Bonchev–Trinajstić information content (AvgIpc) is 2.70. The van der Waals surface area contributed by atoms with Crippen LogP contribution in [0.15, 0.2) is 54.6 Å². The van der Waals surface area contributed by atoms with Gasteiger partial charge in [-0.25, -0.2) is 0 Å². The Kier molecular flexibility index (Phi) is 7.89. The van der Waals surface area contributed by atoms with Crippen LogP contribution in [-0.4, -0.2) is 18.4 Å². The Bertz CT molecular complexity index is 786. The summed E-state index contributed by atoms with van der Waals surface area (Å²) in [6.45, 7) is 4.11. The van der Waals surface area contributed by atoms with Crippen molar-refractivity contribution < 1.29 is 14.3 Å². The molecule has 0 aromatic heterocycles. The Morgan fingerprint density at radius 2 is 1.74 bits per heavy atom. The lowest BCUT2D eigenvalue weighted by atomic mass is 9.99. The van der Waals surface area contributed by atoms with Crippen LogP contribution in [0.5, 0.6) is 5.75 Å². The van der Waals surface area contributed by atoms with Crippen molar-refractivity contribution in [3.63, 3.8) is 0 Å². The molecule has 5 nitrogen and oxygen atoms in total. The molecule has 0 heterocycles. The fraction of sp³-hybridized carbons (Fsp3) is 0.238. The maximum absolute atomic E-state index is 11.8. The zero-order valence-corrected chi connectivity index (χ0v) is 16.1. The van der Waals surface area contributed by atoms with E-state index in [0.717, 1.165) is 12.0 Å². The van der Waals surface area contributed by atoms with E-state index in [-0.39, 0.29) is 6.61 Å². The average molecular weight is 387 g/mol. The number of carbonyl (C=O) groups excluding carboxylic acids is 2. The standard InChI is InChI=1S/C21H23ClN2O3/c1-3-15(2)17-7-11-19(12-8-17)27-14-21(26)24-23-20(25)13-6-16-4-9-18(22)10-5-16/h4-13,15H,3,14H2,1-2H3,(H,23,25)(H,24,26)/b13-6+. The van der Waals surface area contributed by atoms with Crippen molar-refractivity contribution in [2.75, 3.05) is 6.61 Å².